The summed E-state index contributed by atoms with van der Waals surface area (Å²) in [6.07, 6.45) is 2.09. The molecule has 2 heterocycles. The molecule has 0 saturated carbocycles. The van der Waals surface area contributed by atoms with Crippen molar-refractivity contribution < 1.29 is 13.2 Å². The molecule has 0 amide bonds. The molecule has 3 nitrogen and oxygen atoms in total. The molecule has 1 aliphatic rings. The number of halogens is 2. The molecule has 0 unspecified atom stereocenters. The van der Waals surface area contributed by atoms with E-state index in [1.54, 1.807) is 6.07 Å². The molecule has 0 spiro atoms. The minimum atomic E-state index is -2.36. The van der Waals surface area contributed by atoms with Crippen LogP contribution < -0.4 is 10.6 Å². The maximum Gasteiger partial charge on any atom is 0.284 e. The summed E-state index contributed by atoms with van der Waals surface area (Å²) in [5, 5.41) is 7.19. The summed E-state index contributed by atoms with van der Waals surface area (Å²) in [7, 11) is 0. The second kappa shape index (κ2) is 6.89. The number of rotatable bonds is 6. The van der Waals surface area contributed by atoms with Crippen LogP contribution in [0.15, 0.2) is 16.5 Å². The summed E-state index contributed by atoms with van der Waals surface area (Å²) in [6.45, 7) is 9.50. The summed E-state index contributed by atoms with van der Waals surface area (Å²) in [5.74, 6) is -0.733. The normalized spacial score (nSPS) is 21.4. The first-order valence-corrected chi connectivity index (χ1v) is 8.70. The van der Waals surface area contributed by atoms with Gasteiger partial charge < -0.3 is 15.1 Å². The van der Waals surface area contributed by atoms with E-state index in [0.717, 1.165) is 18.6 Å². The quantitative estimate of drug-likeness (QED) is 0.821. The van der Waals surface area contributed by atoms with Crippen molar-refractivity contribution in [3.8, 4) is 0 Å². The molecule has 6 heteroatoms. The summed E-state index contributed by atoms with van der Waals surface area (Å²) >= 11 is 0.588. The average molecular weight is 332 g/mol. The minimum absolute atomic E-state index is 0.0989. The molecule has 2 N–H and O–H groups in total. The molecular weight excluding hydrogens is 306 g/mol. The molecule has 1 aromatic heterocycles. The number of alkyl halides is 2. The van der Waals surface area contributed by atoms with Crippen molar-refractivity contribution in [3.05, 3.63) is 23.7 Å². The molecule has 2 rings (SSSR count). The lowest BCUT2D eigenvalue weighted by atomic mass is 9.79. The van der Waals surface area contributed by atoms with E-state index in [1.807, 2.05) is 6.07 Å². The Morgan fingerprint density at radius 2 is 1.82 bits per heavy atom. The average Bonchev–Trinajstić information content (AvgIpc) is 2.78. The monoisotopic (exact) mass is 332 g/mol. The van der Waals surface area contributed by atoms with Gasteiger partial charge in [-0.2, -0.15) is 8.78 Å². The fraction of sp³-hybridized carbons (Fsp3) is 0.750. The first-order valence-electron chi connectivity index (χ1n) is 7.65. The zero-order valence-corrected chi connectivity index (χ0v) is 14.5. The van der Waals surface area contributed by atoms with E-state index in [9.17, 15) is 8.78 Å². The van der Waals surface area contributed by atoms with Crippen molar-refractivity contribution in [1.29, 1.82) is 0 Å². The third kappa shape index (κ3) is 5.56. The first-order chi connectivity index (χ1) is 10.2. The largest absolute Gasteiger partial charge is 0.464 e. The lowest BCUT2D eigenvalue weighted by Crippen LogP contribution is -2.61. The molecule has 126 valence electrons. The highest BCUT2D eigenvalue weighted by atomic mass is 32.2. The Labute approximate surface area is 135 Å². The predicted molar refractivity (Wildman–Crippen MR) is 87.2 cm³/mol. The second-order valence-corrected chi connectivity index (χ2v) is 8.30. The van der Waals surface area contributed by atoms with Gasteiger partial charge in [0.2, 0.25) is 0 Å². The van der Waals surface area contributed by atoms with Gasteiger partial charge >= 0.3 is 0 Å². The smallest absolute Gasteiger partial charge is 0.284 e. The van der Waals surface area contributed by atoms with Gasteiger partial charge in [-0.3, -0.25) is 0 Å². The second-order valence-electron chi connectivity index (χ2n) is 7.32. The maximum absolute atomic E-state index is 12.2. The highest BCUT2D eigenvalue weighted by Gasteiger charge is 2.37. The lowest BCUT2D eigenvalue weighted by molar-refractivity contribution is 0.144. The van der Waals surface area contributed by atoms with Gasteiger partial charge in [0.15, 0.2) is 0 Å². The van der Waals surface area contributed by atoms with Crippen LogP contribution in [0.2, 0.25) is 0 Å². The molecule has 0 aromatic carbocycles. The van der Waals surface area contributed by atoms with Crippen molar-refractivity contribution in [2.24, 2.45) is 0 Å². The summed E-state index contributed by atoms with van der Waals surface area (Å²) < 4.78 is 29.9. The van der Waals surface area contributed by atoms with Gasteiger partial charge in [-0.25, -0.2) is 0 Å². The van der Waals surface area contributed by atoms with Gasteiger partial charge in [-0.15, -0.1) is 0 Å². The summed E-state index contributed by atoms with van der Waals surface area (Å²) in [6, 6.07) is 4.06. The Balaban J connectivity index is 1.85. The third-order valence-electron chi connectivity index (χ3n) is 3.82. The fourth-order valence-electron chi connectivity index (χ4n) is 3.45. The van der Waals surface area contributed by atoms with Crippen molar-refractivity contribution in [2.45, 2.75) is 75.7 Å². The molecular formula is C16H26F2N2OS. The molecule has 1 saturated heterocycles. The molecule has 0 bridgehead atoms. The fourth-order valence-corrected chi connectivity index (χ4v) is 3.90. The van der Waals surface area contributed by atoms with Crippen molar-refractivity contribution in [1.82, 2.24) is 10.6 Å². The van der Waals surface area contributed by atoms with Gasteiger partial charge in [0.05, 0.1) is 12.3 Å². The SMILES string of the molecule is CC1(C)CC(NCc2ccc(CSC(F)F)o2)CC(C)(C)N1. The van der Waals surface area contributed by atoms with Crippen LogP contribution in [0.25, 0.3) is 0 Å². The molecule has 0 radical (unpaired) electrons. The maximum atomic E-state index is 12.2. The Morgan fingerprint density at radius 1 is 1.23 bits per heavy atom. The van der Waals surface area contributed by atoms with Crippen LogP contribution in [0.4, 0.5) is 8.78 Å². The molecule has 1 fully saturated rings. The lowest BCUT2D eigenvalue weighted by Gasteiger charge is -2.46. The van der Waals surface area contributed by atoms with Gasteiger partial charge in [-0.1, -0.05) is 11.8 Å². The minimum Gasteiger partial charge on any atom is -0.464 e. The number of hydrogen-bond donors (Lipinski definition) is 2. The standard InChI is InChI=1S/C16H26F2N2OS/c1-15(2)7-11(8-16(3,4)20-15)19-9-12-5-6-13(21-12)10-22-14(17)18/h5-6,11,14,19-20H,7-10H2,1-4H3. The van der Waals surface area contributed by atoms with E-state index in [0.29, 0.717) is 30.1 Å². The number of nitrogens with one attached hydrogen (secondary N) is 2. The Kier molecular flexibility index (Phi) is 5.56. The number of hydrogen-bond acceptors (Lipinski definition) is 4. The van der Waals surface area contributed by atoms with E-state index in [4.69, 9.17) is 4.42 Å². The molecule has 1 aliphatic heterocycles. The van der Waals surface area contributed by atoms with Crippen molar-refractivity contribution in [3.63, 3.8) is 0 Å². The van der Waals surface area contributed by atoms with Gasteiger partial charge in [0, 0.05) is 17.1 Å². The Morgan fingerprint density at radius 3 is 2.41 bits per heavy atom. The molecule has 22 heavy (non-hydrogen) atoms. The highest BCUT2D eigenvalue weighted by Crippen LogP contribution is 2.29. The molecule has 0 aliphatic carbocycles. The van der Waals surface area contributed by atoms with Crippen LogP contribution in [0.5, 0.6) is 0 Å². The topological polar surface area (TPSA) is 37.2 Å². The van der Waals surface area contributed by atoms with Crippen LogP contribution in [0.1, 0.15) is 52.1 Å². The van der Waals surface area contributed by atoms with Gasteiger partial charge in [-0.05, 0) is 52.7 Å². The number of thioether (sulfide) groups is 1. The number of piperidine rings is 1. The molecule has 0 atom stereocenters. The van der Waals surface area contributed by atoms with E-state index in [2.05, 4.69) is 38.3 Å². The Hall–Kier alpha value is -0.590. The van der Waals surface area contributed by atoms with E-state index < -0.39 is 5.76 Å². The zero-order chi connectivity index (χ0) is 16.4. The van der Waals surface area contributed by atoms with E-state index in [1.165, 1.54) is 0 Å². The highest BCUT2D eigenvalue weighted by molar-refractivity contribution is 7.98. The third-order valence-corrected chi connectivity index (χ3v) is 4.53. The van der Waals surface area contributed by atoms with Crippen molar-refractivity contribution in [2.75, 3.05) is 0 Å². The van der Waals surface area contributed by atoms with Crippen LogP contribution in [0, 0.1) is 0 Å². The number of furan rings is 1. The van der Waals surface area contributed by atoms with E-state index >= 15 is 0 Å². The zero-order valence-electron chi connectivity index (χ0n) is 13.7. The molecule has 1 aromatic rings. The van der Waals surface area contributed by atoms with Gasteiger partial charge in [0.1, 0.15) is 11.5 Å². The summed E-state index contributed by atoms with van der Waals surface area (Å²) in [4.78, 5) is 0. The predicted octanol–water partition coefficient (Wildman–Crippen LogP) is 4.13. The van der Waals surface area contributed by atoms with E-state index in [-0.39, 0.29) is 16.8 Å². The van der Waals surface area contributed by atoms with Crippen LogP contribution in [-0.2, 0) is 12.3 Å². The first kappa shape index (κ1) is 17.8. The van der Waals surface area contributed by atoms with Crippen molar-refractivity contribution >= 4 is 11.8 Å². The van der Waals surface area contributed by atoms with Crippen LogP contribution in [-0.4, -0.2) is 22.9 Å². The Bertz CT molecular complexity index is 472. The van der Waals surface area contributed by atoms with Crippen LogP contribution in [0.3, 0.4) is 0 Å². The van der Waals surface area contributed by atoms with Crippen LogP contribution >= 0.6 is 11.8 Å². The van der Waals surface area contributed by atoms with Gasteiger partial charge in [0.25, 0.3) is 5.76 Å². The summed E-state index contributed by atoms with van der Waals surface area (Å²) in [5.41, 5.74) is 0.198.